The first kappa shape index (κ1) is 13.4. The van der Waals surface area contributed by atoms with Crippen LogP contribution in [-0.4, -0.2) is 19.6 Å². The van der Waals surface area contributed by atoms with Crippen molar-refractivity contribution < 1.29 is 13.2 Å². The molecule has 0 unspecified atom stereocenters. The number of benzene rings is 1. The van der Waals surface area contributed by atoms with E-state index < -0.39 is 11.9 Å². The molecule has 21 heavy (non-hydrogen) atoms. The Morgan fingerprint density at radius 1 is 1.00 bits per heavy atom. The highest BCUT2D eigenvalue weighted by atomic mass is 19.4. The number of nitrogens with zero attached hydrogens (tertiary/aromatic N) is 4. The molecule has 0 radical (unpaired) electrons. The van der Waals surface area contributed by atoms with E-state index in [1.807, 2.05) is 0 Å². The van der Waals surface area contributed by atoms with E-state index in [4.69, 9.17) is 0 Å². The maximum Gasteiger partial charge on any atom is 0.434 e. The zero-order valence-electron chi connectivity index (χ0n) is 11.0. The highest BCUT2D eigenvalue weighted by Crippen LogP contribution is 2.38. The summed E-state index contributed by atoms with van der Waals surface area (Å²) in [5, 5.41) is 7.82. The lowest BCUT2D eigenvalue weighted by Crippen LogP contribution is -2.15. The molecule has 0 atom stereocenters. The fraction of sp³-hybridized carbons (Fsp3) is 0.143. The first-order valence-electron chi connectivity index (χ1n) is 6.17. The Hall–Kier alpha value is -2.57. The third-order valence-electron chi connectivity index (χ3n) is 3.14. The standard InChI is InChI=1S/C14H11F3N4/c1-20-12(7-8-18-20)11-9-19-21(13(11)14(15,16)17)10-5-3-2-4-6-10/h2-9H,1H3. The highest BCUT2D eigenvalue weighted by Gasteiger charge is 2.39. The van der Waals surface area contributed by atoms with Gasteiger partial charge in [0.05, 0.1) is 23.1 Å². The first-order valence-corrected chi connectivity index (χ1v) is 6.17. The van der Waals surface area contributed by atoms with E-state index in [1.165, 1.54) is 23.1 Å². The van der Waals surface area contributed by atoms with Gasteiger partial charge in [-0.3, -0.25) is 4.68 Å². The third-order valence-corrected chi connectivity index (χ3v) is 3.14. The van der Waals surface area contributed by atoms with Crippen molar-refractivity contribution >= 4 is 0 Å². The van der Waals surface area contributed by atoms with Gasteiger partial charge in [0.1, 0.15) is 0 Å². The zero-order chi connectivity index (χ0) is 15.0. The molecule has 0 aliphatic heterocycles. The zero-order valence-corrected chi connectivity index (χ0v) is 11.0. The molecule has 3 rings (SSSR count). The summed E-state index contributed by atoms with van der Waals surface area (Å²) >= 11 is 0. The maximum absolute atomic E-state index is 13.5. The molecule has 0 N–H and O–H groups in total. The summed E-state index contributed by atoms with van der Waals surface area (Å²) < 4.78 is 42.7. The Bertz CT molecular complexity index is 756. The number of halogens is 3. The van der Waals surface area contributed by atoms with Crippen LogP contribution in [0.3, 0.4) is 0 Å². The molecule has 4 nitrogen and oxygen atoms in total. The Labute approximate surface area is 118 Å². The fourth-order valence-electron chi connectivity index (χ4n) is 2.21. The van der Waals surface area contributed by atoms with Crippen molar-refractivity contribution in [3.63, 3.8) is 0 Å². The number of aromatic nitrogens is 4. The molecule has 2 aromatic heterocycles. The molecule has 0 aliphatic rings. The van der Waals surface area contributed by atoms with Gasteiger partial charge in [-0.25, -0.2) is 4.68 Å². The third kappa shape index (κ3) is 2.31. The van der Waals surface area contributed by atoms with Gasteiger partial charge in [-0.1, -0.05) is 18.2 Å². The highest BCUT2D eigenvalue weighted by molar-refractivity contribution is 5.63. The molecule has 0 amide bonds. The molecule has 0 aliphatic carbocycles. The van der Waals surface area contributed by atoms with Crippen LogP contribution < -0.4 is 0 Å². The van der Waals surface area contributed by atoms with E-state index in [0.29, 0.717) is 11.4 Å². The number of aryl methyl sites for hydroxylation is 1. The van der Waals surface area contributed by atoms with Gasteiger partial charge in [0.25, 0.3) is 0 Å². The SMILES string of the molecule is Cn1nccc1-c1cnn(-c2ccccc2)c1C(F)(F)F. The van der Waals surface area contributed by atoms with Crippen LogP contribution in [0.15, 0.2) is 48.8 Å². The molecule has 0 saturated carbocycles. The summed E-state index contributed by atoms with van der Waals surface area (Å²) in [6.45, 7) is 0. The van der Waals surface area contributed by atoms with Crippen LogP contribution in [0.25, 0.3) is 16.9 Å². The minimum absolute atomic E-state index is 0.00588. The van der Waals surface area contributed by atoms with Crippen LogP contribution in [0.1, 0.15) is 5.69 Å². The van der Waals surface area contributed by atoms with E-state index in [2.05, 4.69) is 10.2 Å². The molecule has 1 aromatic carbocycles. The Balaban J connectivity index is 2.25. The number of alkyl halides is 3. The molecule has 0 bridgehead atoms. The molecule has 0 fully saturated rings. The van der Waals surface area contributed by atoms with E-state index in [0.717, 1.165) is 4.68 Å². The van der Waals surface area contributed by atoms with Crippen LogP contribution in [0, 0.1) is 0 Å². The number of para-hydroxylation sites is 1. The van der Waals surface area contributed by atoms with Crippen LogP contribution in [0.5, 0.6) is 0 Å². The minimum Gasteiger partial charge on any atom is -0.268 e. The molecule has 0 spiro atoms. The van der Waals surface area contributed by atoms with Gasteiger partial charge in [0, 0.05) is 13.2 Å². The maximum atomic E-state index is 13.5. The van der Waals surface area contributed by atoms with Crippen molar-refractivity contribution in [3.05, 3.63) is 54.5 Å². The smallest absolute Gasteiger partial charge is 0.268 e. The fourth-order valence-corrected chi connectivity index (χ4v) is 2.21. The summed E-state index contributed by atoms with van der Waals surface area (Å²) in [5.41, 5.74) is -0.0774. The van der Waals surface area contributed by atoms with Gasteiger partial charge >= 0.3 is 6.18 Å². The molecular formula is C14H11F3N4. The van der Waals surface area contributed by atoms with Gasteiger partial charge in [0.15, 0.2) is 5.69 Å². The molecule has 2 heterocycles. The topological polar surface area (TPSA) is 35.6 Å². The van der Waals surface area contributed by atoms with Crippen LogP contribution >= 0.6 is 0 Å². The molecule has 0 saturated heterocycles. The van der Waals surface area contributed by atoms with E-state index in [1.54, 1.807) is 37.4 Å². The van der Waals surface area contributed by atoms with Crippen molar-refractivity contribution in [3.8, 4) is 16.9 Å². The normalized spacial score (nSPS) is 11.8. The lowest BCUT2D eigenvalue weighted by Gasteiger charge is -2.12. The quantitative estimate of drug-likeness (QED) is 0.726. The second kappa shape index (κ2) is 4.76. The Morgan fingerprint density at radius 2 is 1.71 bits per heavy atom. The first-order chi connectivity index (χ1) is 9.98. The van der Waals surface area contributed by atoms with Gasteiger partial charge in [0.2, 0.25) is 0 Å². The van der Waals surface area contributed by atoms with Crippen molar-refractivity contribution in [2.75, 3.05) is 0 Å². The van der Waals surface area contributed by atoms with Crippen LogP contribution in [0.4, 0.5) is 13.2 Å². The average molecular weight is 292 g/mol. The second-order valence-electron chi connectivity index (χ2n) is 4.49. The minimum atomic E-state index is -4.52. The van der Waals surface area contributed by atoms with Crippen molar-refractivity contribution in [2.45, 2.75) is 6.18 Å². The monoisotopic (exact) mass is 292 g/mol. The molecule has 108 valence electrons. The van der Waals surface area contributed by atoms with Gasteiger partial charge in [-0.2, -0.15) is 23.4 Å². The Morgan fingerprint density at radius 3 is 2.29 bits per heavy atom. The van der Waals surface area contributed by atoms with Crippen LogP contribution in [-0.2, 0) is 13.2 Å². The largest absolute Gasteiger partial charge is 0.434 e. The number of hydrogen-bond acceptors (Lipinski definition) is 2. The van der Waals surface area contributed by atoms with E-state index in [9.17, 15) is 13.2 Å². The summed E-state index contributed by atoms with van der Waals surface area (Å²) in [5.74, 6) is 0. The summed E-state index contributed by atoms with van der Waals surface area (Å²) in [7, 11) is 1.59. The molecule has 3 aromatic rings. The van der Waals surface area contributed by atoms with Crippen molar-refractivity contribution in [2.24, 2.45) is 7.05 Å². The molecular weight excluding hydrogens is 281 g/mol. The number of hydrogen-bond donors (Lipinski definition) is 0. The lowest BCUT2D eigenvalue weighted by molar-refractivity contribution is -0.142. The van der Waals surface area contributed by atoms with Crippen molar-refractivity contribution in [1.82, 2.24) is 19.6 Å². The van der Waals surface area contributed by atoms with Gasteiger partial charge < -0.3 is 0 Å². The van der Waals surface area contributed by atoms with Gasteiger partial charge in [-0.05, 0) is 18.2 Å². The van der Waals surface area contributed by atoms with Gasteiger partial charge in [-0.15, -0.1) is 0 Å². The van der Waals surface area contributed by atoms with Crippen molar-refractivity contribution in [1.29, 1.82) is 0 Å². The second-order valence-corrected chi connectivity index (χ2v) is 4.49. The van der Waals surface area contributed by atoms with Crippen LogP contribution in [0.2, 0.25) is 0 Å². The summed E-state index contributed by atoms with van der Waals surface area (Å²) in [6.07, 6.45) is -1.85. The average Bonchev–Trinajstić information content (AvgIpc) is 3.04. The Kier molecular flexibility index (Phi) is 3.04. The predicted molar refractivity (Wildman–Crippen MR) is 70.8 cm³/mol. The lowest BCUT2D eigenvalue weighted by atomic mass is 10.1. The van der Waals surface area contributed by atoms with E-state index >= 15 is 0 Å². The predicted octanol–water partition coefficient (Wildman–Crippen LogP) is 3.29. The van der Waals surface area contributed by atoms with E-state index in [-0.39, 0.29) is 5.56 Å². The molecule has 7 heteroatoms. The number of rotatable bonds is 2. The summed E-state index contributed by atoms with van der Waals surface area (Å²) in [4.78, 5) is 0. The summed E-state index contributed by atoms with van der Waals surface area (Å²) in [6, 6.07) is 9.76.